The summed E-state index contributed by atoms with van der Waals surface area (Å²) in [5, 5.41) is 4.25. The first-order chi connectivity index (χ1) is 8.72. The average molecular weight is 247 g/mol. The Bertz CT molecular complexity index is 523. The maximum Gasteiger partial charge on any atom is 0.132 e. The number of methoxy groups -OCH3 is 1. The van der Waals surface area contributed by atoms with Crippen molar-refractivity contribution in [1.82, 2.24) is 9.78 Å². The molecule has 2 aromatic rings. The predicted molar refractivity (Wildman–Crippen MR) is 68.4 cm³/mol. The van der Waals surface area contributed by atoms with Crippen LogP contribution < -0.4 is 15.2 Å². The summed E-state index contributed by atoms with van der Waals surface area (Å²) in [6.07, 6.45) is 1.89. The summed E-state index contributed by atoms with van der Waals surface area (Å²) in [5.41, 5.74) is 7.50. The monoisotopic (exact) mass is 247 g/mol. The van der Waals surface area contributed by atoms with Crippen LogP contribution in [-0.2, 0) is 20.2 Å². The summed E-state index contributed by atoms with van der Waals surface area (Å²) < 4.78 is 12.6. The molecule has 96 valence electrons. The van der Waals surface area contributed by atoms with Gasteiger partial charge in [-0.2, -0.15) is 5.10 Å². The zero-order valence-electron chi connectivity index (χ0n) is 10.6. The molecule has 0 radical (unpaired) electrons. The molecule has 0 aliphatic rings. The number of aryl methyl sites for hydroxylation is 1. The van der Waals surface area contributed by atoms with Crippen LogP contribution in [0.15, 0.2) is 30.5 Å². The van der Waals surface area contributed by atoms with Gasteiger partial charge in [0.2, 0.25) is 0 Å². The van der Waals surface area contributed by atoms with Crippen molar-refractivity contribution in [2.45, 2.75) is 13.2 Å². The molecule has 2 N–H and O–H groups in total. The van der Waals surface area contributed by atoms with Gasteiger partial charge in [0.25, 0.3) is 0 Å². The Labute approximate surface area is 106 Å². The summed E-state index contributed by atoms with van der Waals surface area (Å²) in [4.78, 5) is 0. The maximum atomic E-state index is 5.72. The van der Waals surface area contributed by atoms with Gasteiger partial charge in [-0.1, -0.05) is 0 Å². The minimum Gasteiger partial charge on any atom is -0.497 e. The van der Waals surface area contributed by atoms with Crippen molar-refractivity contribution in [3.8, 4) is 11.5 Å². The molecular weight excluding hydrogens is 230 g/mol. The lowest BCUT2D eigenvalue weighted by molar-refractivity contribution is 0.296. The van der Waals surface area contributed by atoms with Gasteiger partial charge < -0.3 is 15.2 Å². The van der Waals surface area contributed by atoms with Crippen LogP contribution >= 0.6 is 0 Å². The standard InChI is InChI=1S/C13H17N3O2/c1-16-6-5-11(15-16)9-18-13-4-3-12(17-2)7-10(13)8-14/h3-7H,8-9,14H2,1-2H3. The molecule has 5 nitrogen and oxygen atoms in total. The third-order valence-corrected chi connectivity index (χ3v) is 2.63. The van der Waals surface area contributed by atoms with Crippen LogP contribution in [0.2, 0.25) is 0 Å². The minimum atomic E-state index is 0.411. The molecule has 18 heavy (non-hydrogen) atoms. The van der Waals surface area contributed by atoms with E-state index in [1.54, 1.807) is 11.8 Å². The van der Waals surface area contributed by atoms with Crippen molar-refractivity contribution >= 4 is 0 Å². The summed E-state index contributed by atoms with van der Waals surface area (Å²) in [7, 11) is 3.51. The van der Waals surface area contributed by atoms with E-state index in [1.807, 2.05) is 37.5 Å². The zero-order valence-corrected chi connectivity index (χ0v) is 10.6. The Hall–Kier alpha value is -2.01. The highest BCUT2D eigenvalue weighted by molar-refractivity contribution is 5.40. The van der Waals surface area contributed by atoms with Crippen LogP contribution in [0.4, 0.5) is 0 Å². The van der Waals surface area contributed by atoms with E-state index in [2.05, 4.69) is 5.10 Å². The smallest absolute Gasteiger partial charge is 0.132 e. The molecule has 0 spiro atoms. The second-order valence-electron chi connectivity index (χ2n) is 3.95. The number of ether oxygens (including phenoxy) is 2. The van der Waals surface area contributed by atoms with Gasteiger partial charge in [-0.05, 0) is 24.3 Å². The molecular formula is C13H17N3O2. The van der Waals surface area contributed by atoms with Crippen molar-refractivity contribution in [1.29, 1.82) is 0 Å². The van der Waals surface area contributed by atoms with Gasteiger partial charge in [-0.25, -0.2) is 0 Å². The summed E-state index contributed by atoms with van der Waals surface area (Å²) in [6.45, 7) is 0.842. The van der Waals surface area contributed by atoms with Crippen molar-refractivity contribution < 1.29 is 9.47 Å². The Morgan fingerprint density at radius 1 is 1.33 bits per heavy atom. The van der Waals surface area contributed by atoms with E-state index >= 15 is 0 Å². The predicted octanol–water partition coefficient (Wildman–Crippen LogP) is 1.47. The van der Waals surface area contributed by atoms with Crippen LogP contribution in [0.1, 0.15) is 11.3 Å². The van der Waals surface area contributed by atoms with Gasteiger partial charge in [-0.3, -0.25) is 4.68 Å². The number of hydrogen-bond acceptors (Lipinski definition) is 4. The summed E-state index contributed by atoms with van der Waals surface area (Å²) in [6, 6.07) is 7.52. The molecule has 5 heteroatoms. The average Bonchev–Trinajstić information content (AvgIpc) is 2.82. The minimum absolute atomic E-state index is 0.411. The van der Waals surface area contributed by atoms with Crippen molar-refractivity contribution in [2.24, 2.45) is 12.8 Å². The molecule has 0 unspecified atom stereocenters. The fourth-order valence-corrected chi connectivity index (χ4v) is 1.67. The molecule has 0 aliphatic carbocycles. The van der Waals surface area contributed by atoms with Crippen LogP contribution in [-0.4, -0.2) is 16.9 Å². The molecule has 1 heterocycles. The molecule has 0 saturated heterocycles. The highest BCUT2D eigenvalue weighted by Gasteiger charge is 2.05. The van der Waals surface area contributed by atoms with Crippen LogP contribution in [0.3, 0.4) is 0 Å². The number of benzene rings is 1. The highest BCUT2D eigenvalue weighted by Crippen LogP contribution is 2.24. The fourth-order valence-electron chi connectivity index (χ4n) is 1.67. The molecule has 0 aliphatic heterocycles. The summed E-state index contributed by atoms with van der Waals surface area (Å²) in [5.74, 6) is 1.55. The largest absolute Gasteiger partial charge is 0.497 e. The number of aromatic nitrogens is 2. The van der Waals surface area contributed by atoms with E-state index in [4.69, 9.17) is 15.2 Å². The Morgan fingerprint density at radius 3 is 2.78 bits per heavy atom. The van der Waals surface area contributed by atoms with E-state index in [1.165, 1.54) is 0 Å². The van der Waals surface area contributed by atoms with Crippen LogP contribution in [0, 0.1) is 0 Å². The van der Waals surface area contributed by atoms with Crippen molar-refractivity contribution in [3.05, 3.63) is 41.7 Å². The number of nitrogens with zero attached hydrogens (tertiary/aromatic N) is 2. The van der Waals surface area contributed by atoms with E-state index < -0.39 is 0 Å². The van der Waals surface area contributed by atoms with Gasteiger partial charge in [-0.15, -0.1) is 0 Å². The molecule has 1 aromatic heterocycles. The first-order valence-corrected chi connectivity index (χ1v) is 5.71. The fraction of sp³-hybridized carbons (Fsp3) is 0.308. The second kappa shape index (κ2) is 5.55. The van der Waals surface area contributed by atoms with Crippen LogP contribution in [0.5, 0.6) is 11.5 Å². The lowest BCUT2D eigenvalue weighted by atomic mass is 10.2. The van der Waals surface area contributed by atoms with E-state index in [-0.39, 0.29) is 0 Å². The number of hydrogen-bond donors (Lipinski definition) is 1. The molecule has 0 saturated carbocycles. The van der Waals surface area contributed by atoms with Crippen LogP contribution in [0.25, 0.3) is 0 Å². The number of nitrogens with two attached hydrogens (primary N) is 1. The van der Waals surface area contributed by atoms with Gasteiger partial charge in [0.1, 0.15) is 18.1 Å². The van der Waals surface area contributed by atoms with Gasteiger partial charge in [0.05, 0.1) is 12.8 Å². The van der Waals surface area contributed by atoms with E-state index in [0.717, 1.165) is 22.8 Å². The van der Waals surface area contributed by atoms with Gasteiger partial charge in [0.15, 0.2) is 0 Å². The Balaban J connectivity index is 2.08. The molecule has 1 aromatic carbocycles. The molecule has 0 bridgehead atoms. The Morgan fingerprint density at radius 2 is 2.17 bits per heavy atom. The van der Waals surface area contributed by atoms with Crippen molar-refractivity contribution in [2.75, 3.05) is 7.11 Å². The normalized spacial score (nSPS) is 10.4. The topological polar surface area (TPSA) is 62.3 Å². The lowest BCUT2D eigenvalue weighted by Crippen LogP contribution is -2.04. The molecule has 0 atom stereocenters. The van der Waals surface area contributed by atoms with Gasteiger partial charge >= 0.3 is 0 Å². The first kappa shape index (κ1) is 12.4. The lowest BCUT2D eigenvalue weighted by Gasteiger charge is -2.10. The molecule has 0 amide bonds. The third-order valence-electron chi connectivity index (χ3n) is 2.63. The maximum absolute atomic E-state index is 5.72. The van der Waals surface area contributed by atoms with E-state index in [9.17, 15) is 0 Å². The van der Waals surface area contributed by atoms with Gasteiger partial charge in [0, 0.05) is 25.4 Å². The SMILES string of the molecule is COc1ccc(OCc2ccn(C)n2)c(CN)c1. The van der Waals surface area contributed by atoms with Crippen molar-refractivity contribution in [3.63, 3.8) is 0 Å². The molecule has 2 rings (SSSR count). The second-order valence-corrected chi connectivity index (χ2v) is 3.95. The highest BCUT2D eigenvalue weighted by atomic mass is 16.5. The quantitative estimate of drug-likeness (QED) is 0.869. The summed E-state index contributed by atoms with van der Waals surface area (Å²) >= 11 is 0. The zero-order chi connectivity index (χ0) is 13.0. The third kappa shape index (κ3) is 2.81. The Kier molecular flexibility index (Phi) is 3.84. The number of rotatable bonds is 5. The molecule has 0 fully saturated rings. The van der Waals surface area contributed by atoms with E-state index in [0.29, 0.717) is 13.2 Å². The first-order valence-electron chi connectivity index (χ1n) is 5.71.